The van der Waals surface area contributed by atoms with Crippen LogP contribution in [0.2, 0.25) is 0 Å². The van der Waals surface area contributed by atoms with Crippen molar-refractivity contribution in [2.75, 3.05) is 40.4 Å². The molecule has 0 aromatic heterocycles. The summed E-state index contributed by atoms with van der Waals surface area (Å²) in [6.45, 7) is 5.72. The Morgan fingerprint density at radius 3 is 2.38 bits per heavy atom. The molecule has 0 aromatic rings. The van der Waals surface area contributed by atoms with E-state index in [2.05, 4.69) is 17.6 Å². The van der Waals surface area contributed by atoms with Gasteiger partial charge in [-0.05, 0) is 12.1 Å². The second-order valence-electron chi connectivity index (χ2n) is 3.73. The predicted molar refractivity (Wildman–Crippen MR) is 70.4 cm³/mol. The maximum atomic E-state index is 5.39. The summed E-state index contributed by atoms with van der Waals surface area (Å²) < 4.78 is 10.5. The zero-order valence-electron chi connectivity index (χ0n) is 10.8. The van der Waals surface area contributed by atoms with E-state index >= 15 is 0 Å². The van der Waals surface area contributed by atoms with Crippen LogP contribution in [0.25, 0.3) is 0 Å². The van der Waals surface area contributed by atoms with Gasteiger partial charge in [-0.15, -0.1) is 0 Å². The lowest BCUT2D eigenvalue weighted by atomic mass is 10.4. The molecule has 16 heavy (non-hydrogen) atoms. The van der Waals surface area contributed by atoms with Crippen LogP contribution in [0, 0.1) is 0 Å². The Hall–Kier alpha value is 0.0169. The summed E-state index contributed by atoms with van der Waals surface area (Å²) in [5.74, 6) is 0.0226. The van der Waals surface area contributed by atoms with Crippen LogP contribution in [0.3, 0.4) is 0 Å². The van der Waals surface area contributed by atoms with E-state index in [4.69, 9.17) is 15.2 Å². The van der Waals surface area contributed by atoms with Gasteiger partial charge in [0.15, 0.2) is 0 Å². The number of nitrogens with two attached hydrogens (primary N) is 1. The highest BCUT2D eigenvalue weighted by atomic mass is 28.2. The van der Waals surface area contributed by atoms with E-state index in [1.807, 2.05) is 0 Å². The molecule has 0 rings (SSSR count). The minimum absolute atomic E-state index is 0.0226. The summed E-state index contributed by atoms with van der Waals surface area (Å²) >= 11 is 0. The standard InChI is InChI=1S/C10H27N3O2Si/c1-4-9(16-10(14-2)15-3)13-8-7-12-6-5-11/h9-10,12-13H,4-8,11,16H2,1-3H3. The van der Waals surface area contributed by atoms with Crippen LogP contribution in [0.4, 0.5) is 0 Å². The van der Waals surface area contributed by atoms with Crippen LogP contribution in [0.15, 0.2) is 0 Å². The second kappa shape index (κ2) is 11.5. The molecule has 0 heterocycles. The van der Waals surface area contributed by atoms with Crippen LogP contribution >= 0.6 is 0 Å². The molecule has 0 fully saturated rings. The number of rotatable bonds is 11. The maximum absolute atomic E-state index is 5.39. The van der Waals surface area contributed by atoms with Gasteiger partial charge < -0.3 is 25.8 Å². The first kappa shape index (κ1) is 16.0. The van der Waals surface area contributed by atoms with Crippen molar-refractivity contribution >= 4 is 9.52 Å². The Kier molecular flexibility index (Phi) is 11.5. The van der Waals surface area contributed by atoms with E-state index in [1.54, 1.807) is 14.2 Å². The zero-order chi connectivity index (χ0) is 12.2. The normalized spacial score (nSPS) is 14.1. The van der Waals surface area contributed by atoms with Gasteiger partial charge in [0.2, 0.25) is 0 Å². The summed E-state index contributed by atoms with van der Waals surface area (Å²) in [5.41, 5.74) is 5.96. The SMILES string of the molecule is CCC(NCCNCCN)[SiH2]C(OC)OC. The van der Waals surface area contributed by atoms with Crippen molar-refractivity contribution in [2.24, 2.45) is 5.73 Å². The van der Waals surface area contributed by atoms with E-state index in [-0.39, 0.29) is 5.91 Å². The zero-order valence-corrected chi connectivity index (χ0v) is 12.2. The molecule has 0 aromatic carbocycles. The van der Waals surface area contributed by atoms with Crippen molar-refractivity contribution in [3.8, 4) is 0 Å². The molecule has 0 spiro atoms. The van der Waals surface area contributed by atoms with Crippen molar-refractivity contribution in [3.63, 3.8) is 0 Å². The lowest BCUT2D eigenvalue weighted by Crippen LogP contribution is -2.44. The Balaban J connectivity index is 3.57. The van der Waals surface area contributed by atoms with Crippen molar-refractivity contribution in [1.82, 2.24) is 10.6 Å². The number of hydrogen-bond acceptors (Lipinski definition) is 5. The number of ether oxygens (including phenoxy) is 2. The van der Waals surface area contributed by atoms with E-state index in [1.165, 1.54) is 0 Å². The fourth-order valence-corrected chi connectivity index (χ4v) is 3.06. The highest BCUT2D eigenvalue weighted by Crippen LogP contribution is 1.95. The monoisotopic (exact) mass is 249 g/mol. The summed E-state index contributed by atoms with van der Waals surface area (Å²) in [5, 5.41) is 6.79. The van der Waals surface area contributed by atoms with Crippen LogP contribution in [0.1, 0.15) is 13.3 Å². The Labute approximate surface area is 101 Å². The van der Waals surface area contributed by atoms with Gasteiger partial charge >= 0.3 is 0 Å². The van der Waals surface area contributed by atoms with Crippen LogP contribution in [0.5, 0.6) is 0 Å². The van der Waals surface area contributed by atoms with Crippen molar-refractivity contribution in [1.29, 1.82) is 0 Å². The molecule has 0 bridgehead atoms. The van der Waals surface area contributed by atoms with Crippen LogP contribution < -0.4 is 16.4 Å². The Bertz CT molecular complexity index is 148. The lowest BCUT2D eigenvalue weighted by Gasteiger charge is -2.21. The van der Waals surface area contributed by atoms with Crippen molar-refractivity contribution < 1.29 is 9.47 Å². The molecule has 5 nitrogen and oxygen atoms in total. The average Bonchev–Trinajstić information content (AvgIpc) is 2.33. The summed E-state index contributed by atoms with van der Waals surface area (Å²) in [4.78, 5) is 0. The van der Waals surface area contributed by atoms with E-state index in [0.29, 0.717) is 12.2 Å². The minimum Gasteiger partial charge on any atom is -0.360 e. The molecule has 98 valence electrons. The quantitative estimate of drug-likeness (QED) is 0.239. The molecular formula is C10H27N3O2Si. The fraction of sp³-hybridized carbons (Fsp3) is 1.00. The molecule has 1 atom stereocenters. The number of hydrogen-bond donors (Lipinski definition) is 3. The first-order chi connectivity index (χ1) is 7.78. The molecular weight excluding hydrogens is 222 g/mol. The molecule has 4 N–H and O–H groups in total. The van der Waals surface area contributed by atoms with E-state index in [9.17, 15) is 0 Å². The second-order valence-corrected chi connectivity index (χ2v) is 5.86. The minimum atomic E-state index is -0.408. The third-order valence-corrected chi connectivity index (χ3v) is 5.04. The average molecular weight is 249 g/mol. The predicted octanol–water partition coefficient (Wildman–Crippen LogP) is -1.39. The smallest absolute Gasteiger partial charge is 0.135 e. The van der Waals surface area contributed by atoms with Gasteiger partial charge in [0.25, 0.3) is 0 Å². The van der Waals surface area contributed by atoms with Crippen molar-refractivity contribution in [3.05, 3.63) is 0 Å². The topological polar surface area (TPSA) is 68.5 Å². The fourth-order valence-electron chi connectivity index (χ4n) is 1.51. The molecule has 0 saturated heterocycles. The summed E-state index contributed by atoms with van der Waals surface area (Å²) in [6.07, 6.45) is 1.13. The molecule has 0 saturated carbocycles. The molecule has 0 aliphatic rings. The van der Waals surface area contributed by atoms with Crippen LogP contribution in [-0.4, -0.2) is 61.5 Å². The van der Waals surface area contributed by atoms with E-state index < -0.39 is 9.52 Å². The molecule has 0 amide bonds. The third-order valence-electron chi connectivity index (χ3n) is 2.55. The first-order valence-corrected chi connectivity index (χ1v) is 7.61. The third kappa shape index (κ3) is 8.20. The van der Waals surface area contributed by atoms with Gasteiger partial charge in [-0.3, -0.25) is 0 Å². The molecule has 1 unspecified atom stereocenters. The van der Waals surface area contributed by atoms with Crippen LogP contribution in [-0.2, 0) is 9.47 Å². The van der Waals surface area contributed by atoms with Gasteiger partial charge in [-0.25, -0.2) is 0 Å². The highest BCUT2D eigenvalue weighted by Gasteiger charge is 2.14. The number of nitrogens with one attached hydrogen (secondary N) is 2. The molecule has 6 heteroatoms. The summed E-state index contributed by atoms with van der Waals surface area (Å²) in [7, 11) is 3.00. The molecule has 0 aliphatic carbocycles. The highest BCUT2D eigenvalue weighted by molar-refractivity contribution is 6.38. The largest absolute Gasteiger partial charge is 0.360 e. The lowest BCUT2D eigenvalue weighted by molar-refractivity contribution is -0.0450. The summed E-state index contributed by atoms with van der Waals surface area (Å²) in [6, 6.07) is 0. The molecule has 0 radical (unpaired) electrons. The maximum Gasteiger partial charge on any atom is 0.135 e. The Morgan fingerprint density at radius 1 is 1.19 bits per heavy atom. The van der Waals surface area contributed by atoms with Crippen molar-refractivity contribution in [2.45, 2.75) is 24.9 Å². The number of methoxy groups -OCH3 is 2. The van der Waals surface area contributed by atoms with E-state index in [0.717, 1.165) is 26.1 Å². The van der Waals surface area contributed by atoms with Gasteiger partial charge in [0.05, 0.1) is 0 Å². The van der Waals surface area contributed by atoms with Gasteiger partial charge in [0, 0.05) is 40.4 Å². The van der Waals surface area contributed by atoms with Gasteiger partial charge in [0.1, 0.15) is 15.4 Å². The van der Waals surface area contributed by atoms with Gasteiger partial charge in [-0.2, -0.15) is 0 Å². The molecule has 0 aliphatic heterocycles. The Morgan fingerprint density at radius 2 is 1.88 bits per heavy atom. The van der Waals surface area contributed by atoms with Gasteiger partial charge in [-0.1, -0.05) is 6.92 Å². The first-order valence-electron chi connectivity index (χ1n) is 5.98.